The first kappa shape index (κ1) is 23.6. The van der Waals surface area contributed by atoms with E-state index in [1.165, 1.54) is 24.3 Å². The van der Waals surface area contributed by atoms with E-state index in [1.54, 1.807) is 11.0 Å². The van der Waals surface area contributed by atoms with E-state index in [1.807, 2.05) is 0 Å². The summed E-state index contributed by atoms with van der Waals surface area (Å²) < 4.78 is 39.2. The Bertz CT molecular complexity index is 789. The first-order chi connectivity index (χ1) is 14.2. The number of nitrogens with zero attached hydrogens (tertiary/aromatic N) is 1. The molecule has 1 fully saturated rings. The molecule has 1 aromatic carbocycles. The number of rotatable bonds is 11. The second-order valence-corrected chi connectivity index (χ2v) is 7.41. The number of carboxylic acid groups (broad SMARTS) is 1. The second kappa shape index (κ2) is 10.9. The van der Waals surface area contributed by atoms with Crippen molar-refractivity contribution in [3.8, 4) is 0 Å². The third-order valence-corrected chi connectivity index (χ3v) is 5.11. The van der Waals surface area contributed by atoms with Crippen molar-refractivity contribution in [3.05, 3.63) is 47.5 Å². The van der Waals surface area contributed by atoms with E-state index in [0.29, 0.717) is 25.8 Å². The molecular weight excluding hydrogens is 399 g/mol. The fourth-order valence-electron chi connectivity index (χ4n) is 3.57. The molecule has 1 aromatic rings. The van der Waals surface area contributed by atoms with E-state index in [2.05, 4.69) is 0 Å². The fraction of sp³-hybridized carbons (Fsp3) is 0.500. The molecule has 0 aliphatic carbocycles. The number of aliphatic carboxylic acids is 1. The van der Waals surface area contributed by atoms with Gasteiger partial charge >= 0.3 is 12.1 Å². The van der Waals surface area contributed by atoms with Gasteiger partial charge < -0.3 is 10.0 Å². The van der Waals surface area contributed by atoms with Crippen molar-refractivity contribution < 1.29 is 32.7 Å². The SMILES string of the molecule is O=C(O)CCCCCCN1C(=O)CC[C@H]1C=CC(=O)Cc1ccccc1C(F)(F)F. The lowest BCUT2D eigenvalue weighted by atomic mass is 10.0. The van der Waals surface area contributed by atoms with Gasteiger partial charge in [-0.1, -0.05) is 37.1 Å². The summed E-state index contributed by atoms with van der Waals surface area (Å²) in [5, 5.41) is 8.62. The molecule has 0 unspecified atom stereocenters. The van der Waals surface area contributed by atoms with Crippen LogP contribution in [0.3, 0.4) is 0 Å². The Kier molecular flexibility index (Phi) is 8.62. The number of alkyl halides is 3. The van der Waals surface area contributed by atoms with Crippen molar-refractivity contribution >= 4 is 17.7 Å². The summed E-state index contributed by atoms with van der Waals surface area (Å²) in [4.78, 5) is 36.5. The van der Waals surface area contributed by atoms with Crippen molar-refractivity contribution in [3.63, 3.8) is 0 Å². The molecule has 1 heterocycles. The molecule has 8 heteroatoms. The molecule has 164 valence electrons. The molecular formula is C22H26F3NO4. The van der Waals surface area contributed by atoms with Crippen LogP contribution in [0.25, 0.3) is 0 Å². The molecule has 5 nitrogen and oxygen atoms in total. The Hall–Kier alpha value is -2.64. The van der Waals surface area contributed by atoms with Crippen molar-refractivity contribution in [1.82, 2.24) is 4.90 Å². The summed E-state index contributed by atoms with van der Waals surface area (Å²) in [5.41, 5.74) is -0.882. The third-order valence-electron chi connectivity index (χ3n) is 5.11. The first-order valence-electron chi connectivity index (χ1n) is 10.1. The fourth-order valence-corrected chi connectivity index (χ4v) is 3.57. The van der Waals surface area contributed by atoms with E-state index >= 15 is 0 Å². The highest BCUT2D eigenvalue weighted by Gasteiger charge is 2.33. The molecule has 2 rings (SSSR count). The Morgan fingerprint density at radius 3 is 2.53 bits per heavy atom. The van der Waals surface area contributed by atoms with Crippen LogP contribution in [-0.2, 0) is 27.0 Å². The lowest BCUT2D eigenvalue weighted by Crippen LogP contribution is -2.32. The number of hydrogen-bond donors (Lipinski definition) is 1. The topological polar surface area (TPSA) is 74.7 Å². The molecule has 0 saturated carbocycles. The van der Waals surface area contributed by atoms with E-state index in [9.17, 15) is 27.6 Å². The standard InChI is InChI=1S/C22H26F3NO4/c23-22(24,25)19-8-5-4-7-16(19)15-18(27)12-10-17-11-13-20(28)26(17)14-6-2-1-3-9-21(29)30/h4-5,7-8,10,12,17H,1-3,6,9,11,13-15H2,(H,29,30)/t17-/m1/s1. The maximum atomic E-state index is 13.1. The van der Waals surface area contributed by atoms with Gasteiger partial charge in [0.05, 0.1) is 11.6 Å². The van der Waals surface area contributed by atoms with Gasteiger partial charge in [0.25, 0.3) is 0 Å². The van der Waals surface area contributed by atoms with Crippen LogP contribution in [0.15, 0.2) is 36.4 Å². The monoisotopic (exact) mass is 425 g/mol. The summed E-state index contributed by atoms with van der Waals surface area (Å²) >= 11 is 0. The van der Waals surface area contributed by atoms with Crippen molar-refractivity contribution in [2.75, 3.05) is 6.54 Å². The lowest BCUT2D eigenvalue weighted by Gasteiger charge is -2.22. The number of benzene rings is 1. The van der Waals surface area contributed by atoms with Crippen molar-refractivity contribution in [2.24, 2.45) is 0 Å². The van der Waals surface area contributed by atoms with Gasteiger partial charge in [0, 0.05) is 25.8 Å². The minimum Gasteiger partial charge on any atom is -0.481 e. The zero-order valence-corrected chi connectivity index (χ0v) is 16.7. The number of carbonyl (C=O) groups is 3. The molecule has 0 bridgehead atoms. The van der Waals surface area contributed by atoms with Crippen LogP contribution >= 0.6 is 0 Å². The number of amides is 1. The largest absolute Gasteiger partial charge is 0.481 e. The molecule has 0 spiro atoms. The predicted octanol–water partition coefficient (Wildman–Crippen LogP) is 4.40. The average molecular weight is 425 g/mol. The minimum atomic E-state index is -4.51. The van der Waals surface area contributed by atoms with Crippen LogP contribution in [0, 0.1) is 0 Å². The normalized spacial score (nSPS) is 17.1. The van der Waals surface area contributed by atoms with Crippen LogP contribution in [0.4, 0.5) is 13.2 Å². The van der Waals surface area contributed by atoms with E-state index in [0.717, 1.165) is 25.3 Å². The molecule has 1 saturated heterocycles. The molecule has 1 N–H and O–H groups in total. The van der Waals surface area contributed by atoms with Crippen molar-refractivity contribution in [2.45, 2.75) is 63.6 Å². The van der Waals surface area contributed by atoms with Crippen LogP contribution in [-0.4, -0.2) is 40.3 Å². The van der Waals surface area contributed by atoms with Gasteiger partial charge in [-0.05, 0) is 37.0 Å². The number of ketones is 1. The van der Waals surface area contributed by atoms with Crippen LogP contribution in [0.2, 0.25) is 0 Å². The second-order valence-electron chi connectivity index (χ2n) is 7.41. The maximum absolute atomic E-state index is 13.1. The summed E-state index contributed by atoms with van der Waals surface area (Å²) in [6.07, 6.45) is 2.00. The number of unbranched alkanes of at least 4 members (excludes halogenated alkanes) is 3. The number of carbonyl (C=O) groups excluding carboxylic acids is 2. The van der Waals surface area contributed by atoms with E-state index in [-0.39, 0.29) is 30.4 Å². The van der Waals surface area contributed by atoms with Crippen LogP contribution < -0.4 is 0 Å². The third kappa shape index (κ3) is 7.31. The Labute approximate surface area is 173 Å². The molecule has 1 aliphatic rings. The smallest absolute Gasteiger partial charge is 0.416 e. The number of allylic oxidation sites excluding steroid dienone is 1. The molecule has 30 heavy (non-hydrogen) atoms. The number of halogens is 3. The van der Waals surface area contributed by atoms with Gasteiger partial charge in [-0.2, -0.15) is 13.2 Å². The van der Waals surface area contributed by atoms with Crippen LogP contribution in [0.1, 0.15) is 56.1 Å². The quantitative estimate of drug-likeness (QED) is 0.421. The zero-order valence-electron chi connectivity index (χ0n) is 16.7. The highest BCUT2D eigenvalue weighted by molar-refractivity contribution is 5.92. The van der Waals surface area contributed by atoms with Gasteiger partial charge in [-0.15, -0.1) is 0 Å². The molecule has 1 aliphatic heterocycles. The van der Waals surface area contributed by atoms with Gasteiger partial charge in [0.15, 0.2) is 5.78 Å². The van der Waals surface area contributed by atoms with Gasteiger partial charge in [0.1, 0.15) is 0 Å². The van der Waals surface area contributed by atoms with Crippen LogP contribution in [0.5, 0.6) is 0 Å². The Morgan fingerprint density at radius 2 is 1.83 bits per heavy atom. The molecule has 1 amide bonds. The number of carboxylic acids is 1. The zero-order chi connectivity index (χ0) is 22.1. The summed E-state index contributed by atoms with van der Waals surface area (Å²) in [5.74, 6) is -1.28. The lowest BCUT2D eigenvalue weighted by molar-refractivity contribution is -0.138. The summed E-state index contributed by atoms with van der Waals surface area (Å²) in [7, 11) is 0. The maximum Gasteiger partial charge on any atom is 0.416 e. The van der Waals surface area contributed by atoms with Gasteiger partial charge in [0.2, 0.25) is 5.91 Å². The van der Waals surface area contributed by atoms with Gasteiger partial charge in [-0.25, -0.2) is 0 Å². The van der Waals surface area contributed by atoms with E-state index in [4.69, 9.17) is 5.11 Å². The predicted molar refractivity (Wildman–Crippen MR) is 105 cm³/mol. The van der Waals surface area contributed by atoms with Crippen molar-refractivity contribution in [1.29, 1.82) is 0 Å². The minimum absolute atomic E-state index is 0.00921. The van der Waals surface area contributed by atoms with Gasteiger partial charge in [-0.3, -0.25) is 14.4 Å². The van der Waals surface area contributed by atoms with E-state index < -0.39 is 23.5 Å². The summed E-state index contributed by atoms with van der Waals surface area (Å²) in [6.45, 7) is 0.520. The number of likely N-dealkylation sites (tertiary alicyclic amines) is 1. The first-order valence-corrected chi connectivity index (χ1v) is 10.1. The average Bonchev–Trinajstić information content (AvgIpc) is 3.02. The Morgan fingerprint density at radius 1 is 1.13 bits per heavy atom. The molecule has 0 radical (unpaired) electrons. The molecule has 1 atom stereocenters. The highest BCUT2D eigenvalue weighted by atomic mass is 19.4. The highest BCUT2D eigenvalue weighted by Crippen LogP contribution is 2.32. The number of hydrogen-bond acceptors (Lipinski definition) is 3. The Balaban J connectivity index is 1.87. The molecule has 0 aromatic heterocycles. The summed E-state index contributed by atoms with van der Waals surface area (Å²) in [6, 6.07) is 4.77.